The molecule has 0 aliphatic heterocycles. The van der Waals surface area contributed by atoms with Crippen molar-refractivity contribution in [2.24, 2.45) is 0 Å². The van der Waals surface area contributed by atoms with Gasteiger partial charge < -0.3 is 4.98 Å². The first-order valence-electron chi connectivity index (χ1n) is 2.52. The van der Waals surface area contributed by atoms with Crippen LogP contribution in [0.15, 0.2) is 12.5 Å². The van der Waals surface area contributed by atoms with Gasteiger partial charge in [-0.25, -0.2) is 4.98 Å². The van der Waals surface area contributed by atoms with E-state index in [0.29, 0.717) is 0 Å². The van der Waals surface area contributed by atoms with Gasteiger partial charge in [0.1, 0.15) is 5.69 Å². The molecular weight excluding hydrogens is 132 g/mol. The highest BCUT2D eigenvalue weighted by Crippen LogP contribution is 1.87. The molecule has 1 aromatic heterocycles. The molecule has 0 saturated heterocycles. The Morgan fingerprint density at radius 2 is 2.70 bits per heavy atom. The summed E-state index contributed by atoms with van der Waals surface area (Å²) in [7, 11) is 0. The van der Waals surface area contributed by atoms with Gasteiger partial charge in [-0.1, -0.05) is 0 Å². The van der Waals surface area contributed by atoms with Gasteiger partial charge in [-0.05, 0) is 0 Å². The van der Waals surface area contributed by atoms with E-state index < -0.39 is 5.91 Å². The summed E-state index contributed by atoms with van der Waals surface area (Å²) in [5, 5.41) is 9.96. The zero-order valence-electron chi connectivity index (χ0n) is 4.96. The third kappa shape index (κ3) is 1.11. The third-order valence-corrected chi connectivity index (χ3v) is 0.912. The Kier molecular flexibility index (Phi) is 1.66. The molecule has 0 aliphatic carbocycles. The molecule has 0 radical (unpaired) electrons. The van der Waals surface area contributed by atoms with Crippen molar-refractivity contribution in [1.29, 1.82) is 5.26 Å². The van der Waals surface area contributed by atoms with Crippen molar-refractivity contribution < 1.29 is 4.79 Å². The molecule has 0 aromatic carbocycles. The fourth-order valence-corrected chi connectivity index (χ4v) is 0.498. The second-order valence-electron chi connectivity index (χ2n) is 1.53. The number of nitrogens with zero attached hydrogens (tertiary/aromatic N) is 2. The lowest BCUT2D eigenvalue weighted by Crippen LogP contribution is -2.17. The van der Waals surface area contributed by atoms with E-state index in [4.69, 9.17) is 5.26 Å². The number of nitrogens with one attached hydrogen (secondary N) is 2. The summed E-state index contributed by atoms with van der Waals surface area (Å²) in [6.45, 7) is 0. The van der Waals surface area contributed by atoms with Crippen molar-refractivity contribution in [3.63, 3.8) is 0 Å². The zero-order valence-corrected chi connectivity index (χ0v) is 4.96. The molecule has 1 heterocycles. The minimum absolute atomic E-state index is 0.279. The standard InChI is InChI=1S/C5H4N4O/c6-2-8-5(10)4-1-7-3-9-4/h1,3H,(H,7,9)(H,8,10). The second-order valence-corrected chi connectivity index (χ2v) is 1.53. The number of H-pyrrole nitrogens is 1. The molecule has 1 rings (SSSR count). The van der Waals surface area contributed by atoms with Crippen molar-refractivity contribution in [3.05, 3.63) is 18.2 Å². The van der Waals surface area contributed by atoms with Gasteiger partial charge >= 0.3 is 0 Å². The first-order chi connectivity index (χ1) is 4.84. The van der Waals surface area contributed by atoms with E-state index in [2.05, 4.69) is 9.97 Å². The highest BCUT2D eigenvalue weighted by molar-refractivity contribution is 5.92. The van der Waals surface area contributed by atoms with E-state index in [0.717, 1.165) is 0 Å². The summed E-state index contributed by atoms with van der Waals surface area (Å²) in [4.78, 5) is 16.8. The summed E-state index contributed by atoms with van der Waals surface area (Å²) in [6, 6.07) is 0. The molecule has 0 unspecified atom stereocenters. The molecule has 5 nitrogen and oxygen atoms in total. The fourth-order valence-electron chi connectivity index (χ4n) is 0.498. The van der Waals surface area contributed by atoms with Crippen LogP contribution in [-0.2, 0) is 0 Å². The summed E-state index contributed by atoms with van der Waals surface area (Å²) < 4.78 is 0. The Hall–Kier alpha value is -1.83. The predicted molar refractivity (Wildman–Crippen MR) is 31.7 cm³/mol. The smallest absolute Gasteiger partial charge is 0.282 e. The molecule has 10 heavy (non-hydrogen) atoms. The van der Waals surface area contributed by atoms with E-state index in [1.807, 2.05) is 5.32 Å². The number of aromatic nitrogens is 2. The summed E-state index contributed by atoms with van der Waals surface area (Å²) in [6.07, 6.45) is 4.22. The molecule has 0 aliphatic rings. The molecule has 1 amide bonds. The maximum Gasteiger partial charge on any atom is 0.282 e. The number of imidazole rings is 1. The maximum absolute atomic E-state index is 10.7. The molecule has 2 N–H and O–H groups in total. The Morgan fingerprint density at radius 3 is 3.20 bits per heavy atom. The van der Waals surface area contributed by atoms with Crippen LogP contribution in [0.3, 0.4) is 0 Å². The third-order valence-electron chi connectivity index (χ3n) is 0.912. The average Bonchev–Trinajstić information content (AvgIpc) is 2.38. The highest BCUT2D eigenvalue weighted by atomic mass is 16.1. The van der Waals surface area contributed by atoms with Crippen LogP contribution in [0, 0.1) is 11.5 Å². The van der Waals surface area contributed by atoms with Crippen LogP contribution in [0.5, 0.6) is 0 Å². The number of carbonyl (C=O) groups is 1. The molecular formula is C5H4N4O. The number of nitriles is 1. The number of aromatic amines is 1. The average molecular weight is 136 g/mol. The van der Waals surface area contributed by atoms with Crippen molar-refractivity contribution in [2.75, 3.05) is 0 Å². The van der Waals surface area contributed by atoms with Gasteiger partial charge in [-0.15, -0.1) is 0 Å². The van der Waals surface area contributed by atoms with Gasteiger partial charge in [0.15, 0.2) is 6.19 Å². The van der Waals surface area contributed by atoms with E-state index in [9.17, 15) is 4.79 Å². The van der Waals surface area contributed by atoms with E-state index in [1.165, 1.54) is 18.7 Å². The molecule has 0 fully saturated rings. The number of rotatable bonds is 1. The van der Waals surface area contributed by atoms with Crippen LogP contribution >= 0.6 is 0 Å². The lowest BCUT2D eigenvalue weighted by molar-refractivity contribution is 0.0968. The minimum Gasteiger partial charge on any atom is -0.341 e. The molecule has 0 spiro atoms. The van der Waals surface area contributed by atoms with Gasteiger partial charge in [0, 0.05) is 0 Å². The fraction of sp³-hybridized carbons (Fsp3) is 0. The number of hydrogen-bond acceptors (Lipinski definition) is 3. The molecule has 0 bridgehead atoms. The normalized spacial score (nSPS) is 8.30. The minimum atomic E-state index is -0.472. The lowest BCUT2D eigenvalue weighted by Gasteiger charge is -1.87. The first kappa shape index (κ1) is 6.29. The SMILES string of the molecule is N#CNC(=O)c1cnc[nH]1. The second kappa shape index (κ2) is 2.64. The molecule has 0 saturated carbocycles. The maximum atomic E-state index is 10.7. The number of carbonyl (C=O) groups excluding carboxylic acids is 1. The number of amides is 1. The van der Waals surface area contributed by atoms with Crippen molar-refractivity contribution in [1.82, 2.24) is 15.3 Å². The zero-order chi connectivity index (χ0) is 7.40. The molecule has 0 atom stereocenters. The topological polar surface area (TPSA) is 81.6 Å². The summed E-state index contributed by atoms with van der Waals surface area (Å²) in [5.41, 5.74) is 0.279. The van der Waals surface area contributed by atoms with Crippen LogP contribution in [-0.4, -0.2) is 15.9 Å². The Morgan fingerprint density at radius 1 is 1.90 bits per heavy atom. The van der Waals surface area contributed by atoms with E-state index in [1.54, 1.807) is 0 Å². The lowest BCUT2D eigenvalue weighted by atomic mass is 10.4. The van der Waals surface area contributed by atoms with Gasteiger partial charge in [0.2, 0.25) is 0 Å². The van der Waals surface area contributed by atoms with Crippen LogP contribution < -0.4 is 5.32 Å². The number of hydrogen-bond donors (Lipinski definition) is 2. The van der Waals surface area contributed by atoms with Gasteiger partial charge in [-0.2, -0.15) is 5.26 Å². The highest BCUT2D eigenvalue weighted by Gasteiger charge is 2.03. The quantitative estimate of drug-likeness (QED) is 0.408. The molecule has 50 valence electrons. The van der Waals surface area contributed by atoms with Gasteiger partial charge in [0.25, 0.3) is 5.91 Å². The van der Waals surface area contributed by atoms with Crippen LogP contribution in [0.4, 0.5) is 0 Å². The largest absolute Gasteiger partial charge is 0.341 e. The first-order valence-corrected chi connectivity index (χ1v) is 2.52. The van der Waals surface area contributed by atoms with Gasteiger partial charge in [0.05, 0.1) is 12.5 Å². The van der Waals surface area contributed by atoms with Crippen LogP contribution in [0.2, 0.25) is 0 Å². The van der Waals surface area contributed by atoms with Crippen molar-refractivity contribution in [3.8, 4) is 6.19 Å². The Balaban J connectivity index is 2.71. The monoisotopic (exact) mass is 136 g/mol. The summed E-state index contributed by atoms with van der Waals surface area (Å²) in [5.74, 6) is -0.472. The Labute approximate surface area is 56.7 Å². The predicted octanol–water partition coefficient (Wildman–Crippen LogP) is -0.379. The van der Waals surface area contributed by atoms with Gasteiger partial charge in [-0.3, -0.25) is 10.1 Å². The molecule has 5 heteroatoms. The van der Waals surface area contributed by atoms with E-state index >= 15 is 0 Å². The van der Waals surface area contributed by atoms with Crippen LogP contribution in [0.1, 0.15) is 10.5 Å². The van der Waals surface area contributed by atoms with Crippen LogP contribution in [0.25, 0.3) is 0 Å². The van der Waals surface area contributed by atoms with E-state index in [-0.39, 0.29) is 5.69 Å². The molecule has 1 aromatic rings. The summed E-state index contributed by atoms with van der Waals surface area (Å²) >= 11 is 0. The van der Waals surface area contributed by atoms with Crippen molar-refractivity contribution >= 4 is 5.91 Å². The Bertz CT molecular complexity index is 258. The van der Waals surface area contributed by atoms with Crippen molar-refractivity contribution in [2.45, 2.75) is 0 Å².